The highest BCUT2D eigenvalue weighted by atomic mass is 16.5. The Kier molecular flexibility index (Phi) is 5.04. The Morgan fingerprint density at radius 2 is 1.55 bits per heavy atom. The number of ether oxygens (including phenoxy) is 1. The van der Waals surface area contributed by atoms with Crippen molar-refractivity contribution in [2.24, 2.45) is 5.73 Å². The Morgan fingerprint density at radius 3 is 2.14 bits per heavy atom. The van der Waals surface area contributed by atoms with Gasteiger partial charge in [0.05, 0.1) is 12.2 Å². The fourth-order valence-corrected chi connectivity index (χ4v) is 4.03. The highest BCUT2D eigenvalue weighted by molar-refractivity contribution is 5.46. The molecule has 1 saturated carbocycles. The number of nitrogens with two attached hydrogens (primary N) is 1. The van der Waals surface area contributed by atoms with E-state index in [1.807, 2.05) is 0 Å². The molecule has 2 aliphatic rings. The largest absolute Gasteiger partial charge is 0.382 e. The summed E-state index contributed by atoms with van der Waals surface area (Å²) in [5.41, 5.74) is 8.68. The van der Waals surface area contributed by atoms with Gasteiger partial charge in [0.2, 0.25) is 0 Å². The number of hydrogen-bond acceptors (Lipinski definition) is 3. The summed E-state index contributed by atoms with van der Waals surface area (Å²) >= 11 is 0. The first kappa shape index (κ1) is 15.8. The summed E-state index contributed by atoms with van der Waals surface area (Å²) in [6.45, 7) is 4.37. The number of rotatable bonds is 3. The normalized spacial score (nSPS) is 36.0. The Labute approximate surface area is 134 Å². The Hall–Kier alpha value is -1.06. The molecule has 22 heavy (non-hydrogen) atoms. The molecule has 3 rings (SSSR count). The molecule has 1 aliphatic heterocycles. The molecule has 122 valence electrons. The third-order valence-electron chi connectivity index (χ3n) is 5.22. The van der Waals surface area contributed by atoms with Crippen molar-refractivity contribution in [3.63, 3.8) is 0 Å². The van der Waals surface area contributed by atoms with E-state index in [1.54, 1.807) is 0 Å². The molecule has 1 heterocycles. The lowest BCUT2D eigenvalue weighted by atomic mass is 9.86. The lowest BCUT2D eigenvalue weighted by molar-refractivity contribution is -0.0380. The van der Waals surface area contributed by atoms with Crippen LogP contribution < -0.4 is 11.1 Å². The first-order valence-electron chi connectivity index (χ1n) is 8.87. The lowest BCUT2D eigenvalue weighted by Crippen LogP contribution is -2.32. The topological polar surface area (TPSA) is 47.3 Å². The number of hydrogen-bond donors (Lipinski definition) is 2. The molecule has 2 atom stereocenters. The molecule has 1 aliphatic carbocycles. The Morgan fingerprint density at radius 1 is 0.955 bits per heavy atom. The predicted octanol–water partition coefficient (Wildman–Crippen LogP) is 4.04. The van der Waals surface area contributed by atoms with Crippen LogP contribution in [0.25, 0.3) is 0 Å². The first-order valence-corrected chi connectivity index (χ1v) is 8.87. The fourth-order valence-electron chi connectivity index (χ4n) is 4.03. The standard InChI is InChI=1S/C19H30N2O/c1-13-11-16(12-14(2)22-13)15-3-7-18(8-4-15)21-19-9-5-17(20)6-10-19/h3-4,7-8,13-14,16-17,19,21H,5-6,9-12,20H2,1-2H3. The van der Waals surface area contributed by atoms with E-state index in [9.17, 15) is 0 Å². The number of benzene rings is 1. The molecule has 0 spiro atoms. The smallest absolute Gasteiger partial charge is 0.0556 e. The lowest BCUT2D eigenvalue weighted by Gasteiger charge is -2.32. The zero-order valence-electron chi connectivity index (χ0n) is 13.9. The summed E-state index contributed by atoms with van der Waals surface area (Å²) in [5.74, 6) is 0.639. The van der Waals surface area contributed by atoms with Gasteiger partial charge in [-0.15, -0.1) is 0 Å². The summed E-state index contributed by atoms with van der Waals surface area (Å²) in [6.07, 6.45) is 7.70. The van der Waals surface area contributed by atoms with Gasteiger partial charge >= 0.3 is 0 Å². The zero-order chi connectivity index (χ0) is 15.5. The Balaban J connectivity index is 1.58. The second-order valence-corrected chi connectivity index (χ2v) is 7.30. The minimum absolute atomic E-state index is 0.373. The molecule has 0 aromatic heterocycles. The molecule has 2 unspecified atom stereocenters. The van der Waals surface area contributed by atoms with Gasteiger partial charge in [0.1, 0.15) is 0 Å². The third kappa shape index (κ3) is 4.02. The summed E-state index contributed by atoms with van der Waals surface area (Å²) in [4.78, 5) is 0. The van der Waals surface area contributed by atoms with Crippen LogP contribution in [0.4, 0.5) is 5.69 Å². The minimum atomic E-state index is 0.373. The van der Waals surface area contributed by atoms with Crippen molar-refractivity contribution in [2.45, 2.75) is 82.6 Å². The van der Waals surface area contributed by atoms with Crippen molar-refractivity contribution in [3.8, 4) is 0 Å². The average molecular weight is 302 g/mol. The molecule has 3 nitrogen and oxygen atoms in total. The van der Waals surface area contributed by atoms with E-state index in [-0.39, 0.29) is 0 Å². The van der Waals surface area contributed by atoms with Crippen LogP contribution in [-0.2, 0) is 4.74 Å². The van der Waals surface area contributed by atoms with Gasteiger partial charge in [0, 0.05) is 17.8 Å². The average Bonchev–Trinajstić information content (AvgIpc) is 2.49. The summed E-state index contributed by atoms with van der Waals surface area (Å²) in [7, 11) is 0. The van der Waals surface area contributed by atoms with Gasteiger partial charge in [0.25, 0.3) is 0 Å². The van der Waals surface area contributed by atoms with Crippen LogP contribution in [0.15, 0.2) is 24.3 Å². The van der Waals surface area contributed by atoms with Crippen molar-refractivity contribution in [1.29, 1.82) is 0 Å². The molecule has 1 saturated heterocycles. The van der Waals surface area contributed by atoms with Crippen molar-refractivity contribution in [3.05, 3.63) is 29.8 Å². The molecule has 1 aromatic rings. The second kappa shape index (κ2) is 7.01. The summed E-state index contributed by atoms with van der Waals surface area (Å²) in [6, 6.07) is 10.1. The van der Waals surface area contributed by atoms with Crippen LogP contribution in [0.1, 0.15) is 63.9 Å². The zero-order valence-corrected chi connectivity index (χ0v) is 13.9. The van der Waals surface area contributed by atoms with Crippen LogP contribution in [-0.4, -0.2) is 24.3 Å². The van der Waals surface area contributed by atoms with Gasteiger partial charge < -0.3 is 15.8 Å². The fraction of sp³-hybridized carbons (Fsp3) is 0.684. The van der Waals surface area contributed by atoms with Crippen molar-refractivity contribution >= 4 is 5.69 Å². The predicted molar refractivity (Wildman–Crippen MR) is 92.3 cm³/mol. The van der Waals surface area contributed by atoms with Crippen molar-refractivity contribution in [2.75, 3.05) is 5.32 Å². The maximum atomic E-state index is 5.98. The van der Waals surface area contributed by atoms with Crippen LogP contribution >= 0.6 is 0 Å². The summed E-state index contributed by atoms with van der Waals surface area (Å²) < 4.78 is 5.85. The summed E-state index contributed by atoms with van der Waals surface area (Å²) in [5, 5.41) is 3.67. The SMILES string of the molecule is CC1CC(c2ccc(NC3CCC(N)CC3)cc2)CC(C)O1. The van der Waals surface area contributed by atoms with Crippen molar-refractivity contribution < 1.29 is 4.74 Å². The van der Waals surface area contributed by atoms with E-state index >= 15 is 0 Å². The highest BCUT2D eigenvalue weighted by Crippen LogP contribution is 2.33. The maximum absolute atomic E-state index is 5.98. The van der Waals surface area contributed by atoms with E-state index < -0.39 is 0 Å². The minimum Gasteiger partial charge on any atom is -0.382 e. The molecule has 0 radical (unpaired) electrons. The molecular weight excluding hydrogens is 272 g/mol. The van der Waals surface area contributed by atoms with E-state index in [4.69, 9.17) is 10.5 Å². The second-order valence-electron chi connectivity index (χ2n) is 7.30. The molecule has 3 N–H and O–H groups in total. The van der Waals surface area contributed by atoms with Gasteiger partial charge in [-0.25, -0.2) is 0 Å². The molecule has 0 bridgehead atoms. The maximum Gasteiger partial charge on any atom is 0.0556 e. The van der Waals surface area contributed by atoms with Crippen LogP contribution in [0.2, 0.25) is 0 Å². The van der Waals surface area contributed by atoms with E-state index in [0.29, 0.717) is 30.2 Å². The monoisotopic (exact) mass is 302 g/mol. The number of nitrogens with one attached hydrogen (secondary N) is 1. The van der Waals surface area contributed by atoms with E-state index in [1.165, 1.54) is 24.1 Å². The van der Waals surface area contributed by atoms with E-state index in [0.717, 1.165) is 25.7 Å². The highest BCUT2D eigenvalue weighted by Gasteiger charge is 2.25. The van der Waals surface area contributed by atoms with Gasteiger partial charge in [0.15, 0.2) is 0 Å². The molecule has 2 fully saturated rings. The van der Waals surface area contributed by atoms with Crippen LogP contribution in [0, 0.1) is 0 Å². The molecular formula is C19H30N2O. The molecule has 3 heteroatoms. The van der Waals surface area contributed by atoms with Crippen LogP contribution in [0.3, 0.4) is 0 Å². The van der Waals surface area contributed by atoms with Gasteiger partial charge in [-0.3, -0.25) is 0 Å². The van der Waals surface area contributed by atoms with Gasteiger partial charge in [-0.1, -0.05) is 12.1 Å². The van der Waals surface area contributed by atoms with Crippen LogP contribution in [0.5, 0.6) is 0 Å². The molecule has 1 aromatic carbocycles. The molecule has 0 amide bonds. The van der Waals surface area contributed by atoms with Crippen molar-refractivity contribution in [1.82, 2.24) is 0 Å². The number of anilines is 1. The van der Waals surface area contributed by atoms with E-state index in [2.05, 4.69) is 43.4 Å². The Bertz CT molecular complexity index is 455. The van der Waals surface area contributed by atoms with Gasteiger partial charge in [-0.2, -0.15) is 0 Å². The first-order chi connectivity index (χ1) is 10.6. The quantitative estimate of drug-likeness (QED) is 0.886. The third-order valence-corrected chi connectivity index (χ3v) is 5.22. The van der Waals surface area contributed by atoms with Gasteiger partial charge in [-0.05, 0) is 76.0 Å².